The summed E-state index contributed by atoms with van der Waals surface area (Å²) in [5.74, 6) is 0.670. The van der Waals surface area contributed by atoms with Gasteiger partial charge in [-0.3, -0.25) is 14.7 Å². The molecule has 0 aliphatic carbocycles. The predicted molar refractivity (Wildman–Crippen MR) is 105 cm³/mol. The van der Waals surface area contributed by atoms with Crippen molar-refractivity contribution >= 4 is 18.0 Å². The minimum absolute atomic E-state index is 0.141. The molecule has 2 aliphatic heterocycles. The van der Waals surface area contributed by atoms with Crippen LogP contribution in [0, 0.1) is 0 Å². The number of aliphatic imine (C=N–C) groups is 1. The van der Waals surface area contributed by atoms with E-state index in [2.05, 4.69) is 9.89 Å². The van der Waals surface area contributed by atoms with Crippen molar-refractivity contribution < 1.29 is 14.3 Å². The standard InChI is InChI=1S/C18H34N6O3/c1-15(25)22-9-7-21(8-10-22)6-5-20-16(19)23-11-13-24(14-12-23)17(26)27-18(2,3)4/h5-14H2,1-4H3,(H2,19,20). The van der Waals surface area contributed by atoms with Crippen molar-refractivity contribution in [3.63, 3.8) is 0 Å². The van der Waals surface area contributed by atoms with Crippen molar-refractivity contribution in [3.8, 4) is 0 Å². The quantitative estimate of drug-likeness (QED) is 0.546. The van der Waals surface area contributed by atoms with E-state index in [1.165, 1.54) is 0 Å². The molecule has 2 heterocycles. The molecule has 2 saturated heterocycles. The van der Waals surface area contributed by atoms with Crippen molar-refractivity contribution in [1.29, 1.82) is 0 Å². The number of nitrogens with zero attached hydrogens (tertiary/aromatic N) is 5. The van der Waals surface area contributed by atoms with Crippen molar-refractivity contribution in [2.75, 3.05) is 65.4 Å². The van der Waals surface area contributed by atoms with Gasteiger partial charge in [0.1, 0.15) is 5.60 Å². The molecule has 2 aliphatic rings. The second kappa shape index (κ2) is 9.25. The highest BCUT2D eigenvalue weighted by Crippen LogP contribution is 2.11. The molecule has 154 valence electrons. The van der Waals surface area contributed by atoms with Crippen molar-refractivity contribution in [1.82, 2.24) is 19.6 Å². The lowest BCUT2D eigenvalue weighted by Gasteiger charge is -2.36. The van der Waals surface area contributed by atoms with Crippen LogP contribution in [0.2, 0.25) is 0 Å². The maximum atomic E-state index is 12.1. The summed E-state index contributed by atoms with van der Waals surface area (Å²) in [4.78, 5) is 35.8. The highest BCUT2D eigenvalue weighted by Gasteiger charge is 2.26. The number of hydrogen-bond acceptors (Lipinski definition) is 5. The Labute approximate surface area is 162 Å². The Balaban J connectivity index is 1.69. The third kappa shape index (κ3) is 6.89. The fraction of sp³-hybridized carbons (Fsp3) is 0.833. The number of carbonyl (C=O) groups excluding carboxylic acids is 2. The lowest BCUT2D eigenvalue weighted by molar-refractivity contribution is -0.130. The second-order valence-electron chi connectivity index (χ2n) is 8.04. The van der Waals surface area contributed by atoms with E-state index in [0.29, 0.717) is 38.7 Å². The van der Waals surface area contributed by atoms with Crippen LogP contribution in [0.25, 0.3) is 0 Å². The summed E-state index contributed by atoms with van der Waals surface area (Å²) in [6, 6.07) is 0. The first-order valence-corrected chi connectivity index (χ1v) is 9.66. The van der Waals surface area contributed by atoms with Gasteiger partial charge in [0.25, 0.3) is 0 Å². The van der Waals surface area contributed by atoms with Crippen LogP contribution in [0.5, 0.6) is 0 Å². The summed E-state index contributed by atoms with van der Waals surface area (Å²) in [6.07, 6.45) is -0.276. The number of guanidine groups is 1. The van der Waals surface area contributed by atoms with E-state index in [0.717, 1.165) is 32.7 Å². The molecule has 0 spiro atoms. The molecule has 0 aromatic heterocycles. The molecule has 2 amide bonds. The SMILES string of the molecule is CC(=O)N1CCN(CCN=C(N)N2CCN(C(=O)OC(C)(C)C)CC2)CC1. The van der Waals surface area contributed by atoms with E-state index in [1.54, 1.807) is 11.8 Å². The molecule has 2 fully saturated rings. The molecule has 2 N–H and O–H groups in total. The van der Waals surface area contributed by atoms with Crippen molar-refractivity contribution in [2.45, 2.75) is 33.3 Å². The highest BCUT2D eigenvalue weighted by molar-refractivity contribution is 5.78. The van der Waals surface area contributed by atoms with Gasteiger partial charge in [-0.15, -0.1) is 0 Å². The van der Waals surface area contributed by atoms with Gasteiger partial charge in [0, 0.05) is 65.8 Å². The van der Waals surface area contributed by atoms with E-state index in [-0.39, 0.29) is 12.0 Å². The van der Waals surface area contributed by atoms with Gasteiger partial charge in [-0.1, -0.05) is 0 Å². The zero-order valence-electron chi connectivity index (χ0n) is 17.1. The lowest BCUT2D eigenvalue weighted by atomic mass is 10.2. The van der Waals surface area contributed by atoms with Gasteiger partial charge in [-0.2, -0.15) is 0 Å². The number of piperazine rings is 2. The molecule has 0 radical (unpaired) electrons. The number of nitrogens with two attached hydrogens (primary N) is 1. The average molecular weight is 383 g/mol. The molecular weight excluding hydrogens is 348 g/mol. The van der Waals surface area contributed by atoms with Crippen LogP contribution in [0.3, 0.4) is 0 Å². The summed E-state index contributed by atoms with van der Waals surface area (Å²) in [5.41, 5.74) is 5.64. The van der Waals surface area contributed by atoms with Gasteiger partial charge >= 0.3 is 6.09 Å². The Morgan fingerprint density at radius 3 is 1.96 bits per heavy atom. The predicted octanol–water partition coefficient (Wildman–Crippen LogP) is 0.0179. The van der Waals surface area contributed by atoms with Gasteiger partial charge in [-0.25, -0.2) is 4.79 Å². The van der Waals surface area contributed by atoms with Gasteiger partial charge < -0.3 is 25.2 Å². The van der Waals surface area contributed by atoms with Gasteiger partial charge in [0.2, 0.25) is 5.91 Å². The van der Waals surface area contributed by atoms with Crippen LogP contribution >= 0.6 is 0 Å². The van der Waals surface area contributed by atoms with Crippen LogP contribution in [0.15, 0.2) is 4.99 Å². The summed E-state index contributed by atoms with van der Waals surface area (Å²) >= 11 is 0. The minimum Gasteiger partial charge on any atom is -0.444 e. The molecule has 0 aromatic carbocycles. The number of rotatable bonds is 3. The third-order valence-electron chi connectivity index (χ3n) is 4.76. The van der Waals surface area contributed by atoms with Crippen LogP contribution < -0.4 is 5.73 Å². The third-order valence-corrected chi connectivity index (χ3v) is 4.76. The van der Waals surface area contributed by atoms with Gasteiger partial charge in [-0.05, 0) is 20.8 Å². The Bertz CT molecular complexity index is 544. The van der Waals surface area contributed by atoms with Gasteiger partial charge in [0.05, 0.1) is 6.54 Å². The zero-order valence-corrected chi connectivity index (χ0v) is 17.1. The lowest BCUT2D eigenvalue weighted by Crippen LogP contribution is -2.53. The van der Waals surface area contributed by atoms with Crippen LogP contribution in [0.1, 0.15) is 27.7 Å². The first kappa shape index (κ1) is 21.3. The summed E-state index contributed by atoms with van der Waals surface area (Å²) in [7, 11) is 0. The summed E-state index contributed by atoms with van der Waals surface area (Å²) in [5, 5.41) is 0. The smallest absolute Gasteiger partial charge is 0.410 e. The number of ether oxygens (including phenoxy) is 1. The molecule has 0 unspecified atom stereocenters. The maximum Gasteiger partial charge on any atom is 0.410 e. The molecule has 27 heavy (non-hydrogen) atoms. The van der Waals surface area contributed by atoms with Crippen LogP contribution in [0.4, 0.5) is 4.79 Å². The number of hydrogen-bond donors (Lipinski definition) is 1. The first-order chi connectivity index (χ1) is 12.7. The van der Waals surface area contributed by atoms with Crippen molar-refractivity contribution in [2.24, 2.45) is 10.7 Å². The van der Waals surface area contributed by atoms with E-state index in [9.17, 15) is 9.59 Å². The van der Waals surface area contributed by atoms with Crippen LogP contribution in [-0.2, 0) is 9.53 Å². The van der Waals surface area contributed by atoms with E-state index < -0.39 is 5.60 Å². The molecule has 0 aromatic rings. The topological polar surface area (TPSA) is 94.7 Å². The molecule has 0 saturated carbocycles. The Kier molecular flexibility index (Phi) is 7.29. The fourth-order valence-corrected chi connectivity index (χ4v) is 3.14. The normalized spacial score (nSPS) is 20.0. The Morgan fingerprint density at radius 2 is 1.44 bits per heavy atom. The van der Waals surface area contributed by atoms with E-state index in [4.69, 9.17) is 10.5 Å². The van der Waals surface area contributed by atoms with Crippen LogP contribution in [-0.4, -0.2) is 109 Å². The maximum absolute atomic E-state index is 12.1. The number of carbonyl (C=O) groups is 2. The molecule has 9 nitrogen and oxygen atoms in total. The minimum atomic E-state index is -0.482. The van der Waals surface area contributed by atoms with Crippen molar-refractivity contribution in [3.05, 3.63) is 0 Å². The highest BCUT2D eigenvalue weighted by atomic mass is 16.6. The molecule has 0 atom stereocenters. The largest absolute Gasteiger partial charge is 0.444 e. The Hall–Kier alpha value is -2.03. The molecular formula is C18H34N6O3. The van der Waals surface area contributed by atoms with E-state index >= 15 is 0 Å². The fourth-order valence-electron chi connectivity index (χ4n) is 3.14. The van der Waals surface area contributed by atoms with Gasteiger partial charge in [0.15, 0.2) is 5.96 Å². The van der Waals surface area contributed by atoms with E-state index in [1.807, 2.05) is 30.6 Å². The molecule has 0 bridgehead atoms. The summed E-state index contributed by atoms with van der Waals surface area (Å²) < 4.78 is 5.40. The molecule has 9 heteroatoms. The monoisotopic (exact) mass is 382 g/mol. The molecule has 2 rings (SSSR count). The second-order valence-corrected chi connectivity index (χ2v) is 8.04. The summed E-state index contributed by atoms with van der Waals surface area (Å²) in [6.45, 7) is 14.5. The first-order valence-electron chi connectivity index (χ1n) is 9.66. The average Bonchev–Trinajstić information content (AvgIpc) is 2.60. The number of amides is 2. The Morgan fingerprint density at radius 1 is 0.926 bits per heavy atom. The zero-order chi connectivity index (χ0) is 20.0.